The van der Waals surface area contributed by atoms with Gasteiger partial charge < -0.3 is 15.4 Å². The molecule has 170 valence electrons. The molecule has 8 nitrogen and oxygen atoms in total. The number of anilines is 1. The Labute approximate surface area is 193 Å². The largest absolute Gasteiger partial charge is 0.481 e. The van der Waals surface area contributed by atoms with Crippen LogP contribution in [0.3, 0.4) is 0 Å². The molecular formula is C25H21FN6O2. The molecule has 2 atom stereocenters. The van der Waals surface area contributed by atoms with Gasteiger partial charge in [0, 0.05) is 28.6 Å². The van der Waals surface area contributed by atoms with Crippen molar-refractivity contribution in [3.8, 4) is 17.5 Å². The number of nitrogens with one attached hydrogen (secondary N) is 2. The third kappa shape index (κ3) is 3.25. The Balaban J connectivity index is 1.51. The second kappa shape index (κ2) is 7.76. The molecule has 1 aromatic carbocycles. The molecule has 9 heteroatoms. The van der Waals surface area contributed by atoms with Crippen molar-refractivity contribution in [1.82, 2.24) is 19.9 Å². The lowest BCUT2D eigenvalue weighted by Gasteiger charge is -2.47. The van der Waals surface area contributed by atoms with E-state index in [2.05, 4.69) is 26.3 Å². The van der Waals surface area contributed by atoms with E-state index in [9.17, 15) is 19.6 Å². The highest BCUT2D eigenvalue weighted by atomic mass is 19.1. The summed E-state index contributed by atoms with van der Waals surface area (Å²) in [6.07, 6.45) is 6.67. The van der Waals surface area contributed by atoms with Crippen LogP contribution in [0.5, 0.6) is 0 Å². The first kappa shape index (κ1) is 20.5. The summed E-state index contributed by atoms with van der Waals surface area (Å²) in [5, 5.41) is 24.1. The lowest BCUT2D eigenvalue weighted by atomic mass is 9.61. The van der Waals surface area contributed by atoms with Crippen molar-refractivity contribution in [2.45, 2.75) is 31.7 Å². The van der Waals surface area contributed by atoms with Gasteiger partial charge >= 0.3 is 5.97 Å². The standard InChI is InChI=1S/C25H21FN6O2/c26-15-8-16-18(11-29-22(16)28-10-15)24-30-19-6-1-12(9-27)7-17(19)23(32-24)31-21-14-4-2-13(3-5-14)20(21)25(33)34/h1,6-8,10-11,13-14,20-21H,2-5H2,(H,28,29)(H,33,34)(H,30,31,32). The van der Waals surface area contributed by atoms with Crippen LogP contribution in [-0.4, -0.2) is 37.1 Å². The summed E-state index contributed by atoms with van der Waals surface area (Å²) >= 11 is 0. The van der Waals surface area contributed by atoms with Crippen LogP contribution in [0.2, 0.25) is 0 Å². The highest BCUT2D eigenvalue weighted by Crippen LogP contribution is 2.46. The predicted molar refractivity (Wildman–Crippen MR) is 123 cm³/mol. The maximum absolute atomic E-state index is 13.9. The van der Waals surface area contributed by atoms with E-state index in [4.69, 9.17) is 4.98 Å². The van der Waals surface area contributed by atoms with Crippen LogP contribution in [0, 0.1) is 34.9 Å². The van der Waals surface area contributed by atoms with E-state index in [0.29, 0.717) is 44.7 Å². The first-order valence-corrected chi connectivity index (χ1v) is 11.4. The van der Waals surface area contributed by atoms with Gasteiger partial charge in [-0.2, -0.15) is 5.26 Å². The molecule has 34 heavy (non-hydrogen) atoms. The van der Waals surface area contributed by atoms with Gasteiger partial charge in [-0.15, -0.1) is 0 Å². The van der Waals surface area contributed by atoms with Crippen molar-refractivity contribution in [1.29, 1.82) is 5.26 Å². The summed E-state index contributed by atoms with van der Waals surface area (Å²) in [6, 6.07) is 8.42. The third-order valence-corrected chi connectivity index (χ3v) is 7.37. The fraction of sp³-hybridized carbons (Fsp3) is 0.320. The molecule has 0 amide bonds. The van der Waals surface area contributed by atoms with Crippen LogP contribution in [0.25, 0.3) is 33.3 Å². The number of aromatic amines is 1. The monoisotopic (exact) mass is 456 g/mol. The fourth-order valence-corrected chi connectivity index (χ4v) is 5.76. The lowest BCUT2D eigenvalue weighted by molar-refractivity contribution is -0.148. The normalized spacial score (nSPS) is 23.8. The summed E-state index contributed by atoms with van der Waals surface area (Å²) in [5.41, 5.74) is 2.18. The van der Waals surface area contributed by atoms with Gasteiger partial charge in [0.25, 0.3) is 0 Å². The second-order valence-corrected chi connectivity index (χ2v) is 9.20. The molecule has 0 saturated heterocycles. The van der Waals surface area contributed by atoms with Gasteiger partial charge in [-0.05, 0) is 61.8 Å². The number of nitriles is 1. The Morgan fingerprint density at radius 3 is 2.71 bits per heavy atom. The number of hydrogen-bond donors (Lipinski definition) is 3. The number of hydrogen-bond acceptors (Lipinski definition) is 6. The lowest BCUT2D eigenvalue weighted by Crippen LogP contribution is -2.51. The number of halogens is 1. The number of H-pyrrole nitrogens is 1. The summed E-state index contributed by atoms with van der Waals surface area (Å²) in [7, 11) is 0. The predicted octanol–water partition coefficient (Wildman–Crippen LogP) is 4.49. The van der Waals surface area contributed by atoms with Crippen LogP contribution in [-0.2, 0) is 4.79 Å². The molecule has 3 aliphatic rings. The Bertz CT molecular complexity index is 1480. The summed E-state index contributed by atoms with van der Waals surface area (Å²) in [4.78, 5) is 28.7. The van der Waals surface area contributed by atoms with Crippen molar-refractivity contribution in [3.05, 3.63) is 48.0 Å². The van der Waals surface area contributed by atoms with Gasteiger partial charge in [0.15, 0.2) is 5.82 Å². The zero-order chi connectivity index (χ0) is 23.4. The Morgan fingerprint density at radius 1 is 1.15 bits per heavy atom. The third-order valence-electron chi connectivity index (χ3n) is 7.37. The Hall–Kier alpha value is -4.06. The van der Waals surface area contributed by atoms with E-state index in [0.717, 1.165) is 31.9 Å². The van der Waals surface area contributed by atoms with Gasteiger partial charge in [-0.1, -0.05) is 0 Å². The van der Waals surface area contributed by atoms with Gasteiger partial charge in [0.2, 0.25) is 0 Å². The molecule has 3 fully saturated rings. The number of fused-ring (bicyclic) bond motifs is 5. The highest BCUT2D eigenvalue weighted by Gasteiger charge is 2.47. The van der Waals surface area contributed by atoms with Gasteiger partial charge in [0.05, 0.1) is 29.3 Å². The molecule has 3 aromatic heterocycles. The van der Waals surface area contributed by atoms with E-state index in [1.54, 1.807) is 24.4 Å². The first-order chi connectivity index (χ1) is 16.5. The Morgan fingerprint density at radius 2 is 1.94 bits per heavy atom. The minimum atomic E-state index is -0.790. The quantitative estimate of drug-likeness (QED) is 0.413. The number of nitrogens with zero attached hydrogens (tertiary/aromatic N) is 4. The number of carboxylic acids is 1. The number of benzene rings is 1. The molecule has 2 bridgehead atoms. The number of aliphatic carboxylic acids is 1. The Kier molecular flexibility index (Phi) is 4.69. The zero-order valence-corrected chi connectivity index (χ0v) is 18.1. The highest BCUT2D eigenvalue weighted by molar-refractivity contribution is 5.96. The summed E-state index contributed by atoms with van der Waals surface area (Å²) in [5.74, 6) is -0.512. The van der Waals surface area contributed by atoms with Gasteiger partial charge in [0.1, 0.15) is 17.3 Å². The molecule has 2 unspecified atom stereocenters. The van der Waals surface area contributed by atoms with Crippen LogP contribution < -0.4 is 5.32 Å². The molecule has 7 rings (SSSR count). The molecule has 3 heterocycles. The molecule has 0 spiro atoms. The number of rotatable bonds is 4. The van der Waals surface area contributed by atoms with Gasteiger partial charge in [-0.25, -0.2) is 19.3 Å². The maximum Gasteiger partial charge on any atom is 0.308 e. The molecule has 0 aliphatic heterocycles. The van der Waals surface area contributed by atoms with Crippen LogP contribution in [0.1, 0.15) is 31.2 Å². The average Bonchev–Trinajstić information content (AvgIpc) is 3.27. The molecule has 4 aromatic rings. The van der Waals surface area contributed by atoms with Gasteiger partial charge in [-0.3, -0.25) is 4.79 Å². The number of aromatic nitrogens is 4. The summed E-state index contributed by atoms with van der Waals surface area (Å²) in [6.45, 7) is 0. The van der Waals surface area contributed by atoms with Crippen LogP contribution in [0.4, 0.5) is 10.2 Å². The zero-order valence-electron chi connectivity index (χ0n) is 18.1. The number of carbonyl (C=O) groups is 1. The molecule has 3 aliphatic carbocycles. The fourth-order valence-electron chi connectivity index (χ4n) is 5.76. The minimum absolute atomic E-state index is 0.143. The molecule has 3 N–H and O–H groups in total. The topological polar surface area (TPSA) is 128 Å². The average molecular weight is 456 g/mol. The first-order valence-electron chi connectivity index (χ1n) is 11.4. The maximum atomic E-state index is 13.9. The number of pyridine rings is 1. The minimum Gasteiger partial charge on any atom is -0.481 e. The molecule has 3 saturated carbocycles. The second-order valence-electron chi connectivity index (χ2n) is 9.20. The van der Waals surface area contributed by atoms with Crippen molar-refractivity contribution in [3.63, 3.8) is 0 Å². The molecule has 0 radical (unpaired) electrons. The molecular weight excluding hydrogens is 435 g/mol. The summed E-state index contributed by atoms with van der Waals surface area (Å²) < 4.78 is 13.9. The SMILES string of the molecule is N#Cc1ccc2nc(-c3c[nH]c4ncc(F)cc34)nc(NC3C4CCC(CC4)C3C(=O)O)c2c1. The van der Waals surface area contributed by atoms with E-state index in [1.807, 2.05) is 0 Å². The van der Waals surface area contributed by atoms with Crippen LogP contribution in [0.15, 0.2) is 36.7 Å². The van der Waals surface area contributed by atoms with Crippen molar-refractivity contribution < 1.29 is 14.3 Å². The van der Waals surface area contributed by atoms with Crippen LogP contribution >= 0.6 is 0 Å². The smallest absolute Gasteiger partial charge is 0.308 e. The van der Waals surface area contributed by atoms with E-state index >= 15 is 0 Å². The number of carboxylic acid groups (broad SMARTS) is 1. The van der Waals surface area contributed by atoms with E-state index in [-0.39, 0.29) is 17.9 Å². The van der Waals surface area contributed by atoms with E-state index < -0.39 is 17.7 Å². The van der Waals surface area contributed by atoms with Crippen molar-refractivity contribution in [2.24, 2.45) is 17.8 Å². The van der Waals surface area contributed by atoms with Crippen molar-refractivity contribution in [2.75, 3.05) is 5.32 Å². The van der Waals surface area contributed by atoms with E-state index in [1.165, 1.54) is 6.07 Å². The van der Waals surface area contributed by atoms with Crippen molar-refractivity contribution >= 4 is 33.7 Å².